The topological polar surface area (TPSA) is 0 Å². The van der Waals surface area contributed by atoms with Gasteiger partial charge in [-0.05, 0) is 36.7 Å². The minimum absolute atomic E-state index is 0.323. The van der Waals surface area contributed by atoms with Crippen LogP contribution in [0.1, 0.15) is 128 Å². The van der Waals surface area contributed by atoms with Gasteiger partial charge >= 0.3 is 0 Å². The van der Waals surface area contributed by atoms with Crippen LogP contribution in [0.3, 0.4) is 0 Å². The Morgan fingerprint density at radius 1 is 0.688 bits per heavy atom. The predicted molar refractivity (Wildman–Crippen MR) is 142 cm³/mol. The largest absolute Gasteiger partial charge is 0.0773 e. The fourth-order valence-corrected chi connectivity index (χ4v) is 6.29. The average Bonchev–Trinajstić information content (AvgIpc) is 2.85. The van der Waals surface area contributed by atoms with Gasteiger partial charge < -0.3 is 0 Å². The zero-order valence-corrected chi connectivity index (χ0v) is 21.2. The highest BCUT2D eigenvalue weighted by atomic mass is 14.4. The molecule has 0 amide bonds. The lowest BCUT2D eigenvalue weighted by atomic mass is 9.62. The minimum Gasteiger partial charge on any atom is -0.0773 e. The number of unbranched alkanes of at least 4 members (excludes halogenated alkanes) is 8. The highest BCUT2D eigenvalue weighted by Crippen LogP contribution is 2.49. The second kappa shape index (κ2) is 14.1. The molecule has 0 saturated heterocycles. The summed E-state index contributed by atoms with van der Waals surface area (Å²) in [5, 5.41) is 0. The van der Waals surface area contributed by atoms with E-state index in [1.807, 2.05) is 0 Å². The van der Waals surface area contributed by atoms with E-state index in [0.717, 1.165) is 11.8 Å². The lowest BCUT2D eigenvalue weighted by Crippen LogP contribution is -2.32. The smallest absolute Gasteiger partial charge is 0.0199 e. The zero-order chi connectivity index (χ0) is 22.5. The summed E-state index contributed by atoms with van der Waals surface area (Å²) in [7, 11) is 0. The van der Waals surface area contributed by atoms with Gasteiger partial charge in [0.25, 0.3) is 0 Å². The van der Waals surface area contributed by atoms with Crippen LogP contribution in [0.4, 0.5) is 0 Å². The molecule has 3 rings (SSSR count). The molecule has 2 aliphatic carbocycles. The molecule has 0 nitrogen and oxygen atoms in total. The molecule has 1 fully saturated rings. The number of benzene rings is 1. The van der Waals surface area contributed by atoms with Crippen LogP contribution in [0.5, 0.6) is 0 Å². The summed E-state index contributed by atoms with van der Waals surface area (Å²) in [5.74, 6) is 2.32. The molecule has 0 aromatic heterocycles. The third kappa shape index (κ3) is 7.64. The molecule has 0 heterocycles. The van der Waals surface area contributed by atoms with E-state index < -0.39 is 0 Å². The van der Waals surface area contributed by atoms with Crippen molar-refractivity contribution >= 4 is 0 Å². The molecular weight excluding hydrogens is 384 g/mol. The first kappa shape index (κ1) is 25.3. The van der Waals surface area contributed by atoms with Crippen molar-refractivity contribution in [2.75, 3.05) is 0 Å². The van der Waals surface area contributed by atoms with Crippen molar-refractivity contribution in [1.82, 2.24) is 0 Å². The Kier molecular flexibility index (Phi) is 11.1. The lowest BCUT2D eigenvalue weighted by molar-refractivity contribution is 0.162. The standard InChI is InChI=1S/C32H50/c1-3-5-7-8-9-10-15-25-32(31-21-19-28(20-22-31)16-12-6-4-2)26-23-30(24-27-32)29-17-13-11-14-18-29/h11,13-14,17-18,23-24,26-28,30-31H,3-10,12,15-16,19-22,25H2,1-2H3/t28-,30?,31-,32?. The van der Waals surface area contributed by atoms with Crippen molar-refractivity contribution in [3.8, 4) is 0 Å². The van der Waals surface area contributed by atoms with Crippen molar-refractivity contribution in [2.24, 2.45) is 17.3 Å². The van der Waals surface area contributed by atoms with Crippen LogP contribution in [0.2, 0.25) is 0 Å². The van der Waals surface area contributed by atoms with E-state index in [0.29, 0.717) is 11.3 Å². The molecule has 2 aliphatic rings. The number of allylic oxidation sites excluding steroid dienone is 4. The molecule has 0 unspecified atom stereocenters. The Labute approximate surface area is 200 Å². The molecule has 0 bridgehead atoms. The number of rotatable bonds is 14. The highest BCUT2D eigenvalue weighted by Gasteiger charge is 2.37. The van der Waals surface area contributed by atoms with Crippen LogP contribution in [0, 0.1) is 17.3 Å². The fourth-order valence-electron chi connectivity index (χ4n) is 6.29. The molecule has 0 atom stereocenters. The van der Waals surface area contributed by atoms with Crippen molar-refractivity contribution in [1.29, 1.82) is 0 Å². The normalized spacial score (nSPS) is 27.6. The van der Waals surface area contributed by atoms with E-state index in [1.165, 1.54) is 108 Å². The van der Waals surface area contributed by atoms with Gasteiger partial charge in [-0.25, -0.2) is 0 Å². The molecular formula is C32H50. The molecule has 32 heavy (non-hydrogen) atoms. The van der Waals surface area contributed by atoms with E-state index in [9.17, 15) is 0 Å². The molecule has 0 radical (unpaired) electrons. The maximum Gasteiger partial charge on any atom is 0.0199 e. The summed E-state index contributed by atoms with van der Waals surface area (Å²) in [6.07, 6.45) is 33.2. The van der Waals surface area contributed by atoms with Crippen LogP contribution in [0.15, 0.2) is 54.6 Å². The van der Waals surface area contributed by atoms with Crippen molar-refractivity contribution in [3.63, 3.8) is 0 Å². The van der Waals surface area contributed by atoms with Crippen LogP contribution in [-0.2, 0) is 0 Å². The monoisotopic (exact) mass is 434 g/mol. The summed E-state index contributed by atoms with van der Waals surface area (Å²) in [5.41, 5.74) is 1.76. The highest BCUT2D eigenvalue weighted by molar-refractivity contribution is 5.34. The lowest BCUT2D eigenvalue weighted by Gasteiger charge is -2.43. The number of hydrogen-bond donors (Lipinski definition) is 0. The van der Waals surface area contributed by atoms with Crippen molar-refractivity contribution in [2.45, 2.75) is 122 Å². The fraction of sp³-hybridized carbons (Fsp3) is 0.688. The molecule has 0 N–H and O–H groups in total. The second-order valence-corrected chi connectivity index (χ2v) is 10.9. The van der Waals surface area contributed by atoms with Gasteiger partial charge in [0, 0.05) is 11.3 Å². The van der Waals surface area contributed by atoms with Gasteiger partial charge in [-0.2, -0.15) is 0 Å². The van der Waals surface area contributed by atoms with Gasteiger partial charge in [0.05, 0.1) is 0 Å². The second-order valence-electron chi connectivity index (χ2n) is 10.9. The van der Waals surface area contributed by atoms with E-state index in [1.54, 1.807) is 0 Å². The van der Waals surface area contributed by atoms with Crippen LogP contribution in [0.25, 0.3) is 0 Å². The van der Waals surface area contributed by atoms with E-state index in [4.69, 9.17) is 0 Å². The maximum atomic E-state index is 2.66. The van der Waals surface area contributed by atoms with Crippen molar-refractivity contribution < 1.29 is 0 Å². The zero-order valence-electron chi connectivity index (χ0n) is 21.2. The quantitative estimate of drug-likeness (QED) is 0.202. The van der Waals surface area contributed by atoms with Crippen LogP contribution < -0.4 is 0 Å². The van der Waals surface area contributed by atoms with Gasteiger partial charge in [0.2, 0.25) is 0 Å². The predicted octanol–water partition coefficient (Wildman–Crippen LogP) is 10.4. The molecule has 0 aliphatic heterocycles. The summed E-state index contributed by atoms with van der Waals surface area (Å²) < 4.78 is 0. The van der Waals surface area contributed by atoms with Gasteiger partial charge in [0.15, 0.2) is 0 Å². The molecule has 1 aromatic rings. The summed E-state index contributed by atoms with van der Waals surface area (Å²) in [4.78, 5) is 0. The first-order valence-corrected chi connectivity index (χ1v) is 14.2. The van der Waals surface area contributed by atoms with E-state index >= 15 is 0 Å². The molecule has 1 aromatic carbocycles. The molecule has 0 spiro atoms. The maximum absolute atomic E-state index is 2.66. The Bertz CT molecular complexity index is 645. The van der Waals surface area contributed by atoms with E-state index in [-0.39, 0.29) is 0 Å². The Balaban J connectivity index is 1.58. The van der Waals surface area contributed by atoms with Gasteiger partial charge in [-0.3, -0.25) is 0 Å². The first-order chi connectivity index (χ1) is 15.8. The molecule has 178 valence electrons. The summed E-state index contributed by atoms with van der Waals surface area (Å²) in [6.45, 7) is 4.64. The van der Waals surface area contributed by atoms with Gasteiger partial charge in [-0.1, -0.05) is 152 Å². The Hall–Kier alpha value is -1.30. The molecule has 1 saturated carbocycles. The first-order valence-electron chi connectivity index (χ1n) is 14.2. The van der Waals surface area contributed by atoms with Crippen LogP contribution in [-0.4, -0.2) is 0 Å². The third-order valence-electron chi connectivity index (χ3n) is 8.45. The Morgan fingerprint density at radius 2 is 1.28 bits per heavy atom. The molecule has 0 heteroatoms. The number of hydrogen-bond acceptors (Lipinski definition) is 0. The van der Waals surface area contributed by atoms with Crippen molar-refractivity contribution in [3.05, 3.63) is 60.2 Å². The SMILES string of the molecule is CCCCCCCCCC1([C@H]2CC[C@H](CCCCC)CC2)C=CC(c2ccccc2)C=C1. The average molecular weight is 435 g/mol. The van der Waals surface area contributed by atoms with Gasteiger partial charge in [-0.15, -0.1) is 0 Å². The summed E-state index contributed by atoms with van der Waals surface area (Å²) >= 11 is 0. The summed E-state index contributed by atoms with van der Waals surface area (Å²) in [6, 6.07) is 11.0. The van der Waals surface area contributed by atoms with E-state index in [2.05, 4.69) is 68.5 Å². The Morgan fingerprint density at radius 3 is 1.94 bits per heavy atom. The van der Waals surface area contributed by atoms with Gasteiger partial charge in [0.1, 0.15) is 0 Å². The minimum atomic E-state index is 0.323. The van der Waals surface area contributed by atoms with Crippen LogP contribution >= 0.6 is 0 Å². The third-order valence-corrected chi connectivity index (χ3v) is 8.45.